The molecule has 2 aromatic rings. The summed E-state index contributed by atoms with van der Waals surface area (Å²) in [5.74, 6) is 0.320. The molecule has 1 heterocycles. The van der Waals surface area contributed by atoms with Crippen LogP contribution in [0.1, 0.15) is 18.1 Å². The first-order valence-electron chi connectivity index (χ1n) is 8.43. The van der Waals surface area contributed by atoms with Gasteiger partial charge in [-0.25, -0.2) is 4.39 Å². The largest absolute Gasteiger partial charge is 0.493 e. The van der Waals surface area contributed by atoms with Crippen molar-refractivity contribution in [3.8, 4) is 11.5 Å². The monoisotopic (exact) mass is 513 g/mol. The molecule has 0 spiro atoms. The summed E-state index contributed by atoms with van der Waals surface area (Å²) in [6, 6.07) is 9.95. The van der Waals surface area contributed by atoms with Crippen LogP contribution in [0, 0.1) is 9.39 Å². The van der Waals surface area contributed by atoms with E-state index in [9.17, 15) is 14.0 Å². The van der Waals surface area contributed by atoms with Crippen LogP contribution in [0.4, 0.5) is 9.18 Å². The van der Waals surface area contributed by atoms with E-state index in [1.807, 2.05) is 6.07 Å². The molecule has 2 aromatic carbocycles. The summed E-state index contributed by atoms with van der Waals surface area (Å²) in [5, 5.41) is -0.273. The van der Waals surface area contributed by atoms with Crippen LogP contribution in [-0.4, -0.2) is 29.7 Å². The lowest BCUT2D eigenvalue weighted by molar-refractivity contribution is -0.122. The Bertz CT molecular complexity index is 963. The molecule has 0 radical (unpaired) electrons. The van der Waals surface area contributed by atoms with Gasteiger partial charge < -0.3 is 9.47 Å². The molecule has 0 atom stereocenters. The first-order chi connectivity index (χ1) is 13.4. The number of benzene rings is 2. The molecule has 3 rings (SSSR count). The number of nitrogens with zero attached hydrogens (tertiary/aromatic N) is 1. The number of halogens is 2. The van der Waals surface area contributed by atoms with Gasteiger partial charge in [-0.3, -0.25) is 14.5 Å². The topological polar surface area (TPSA) is 55.8 Å². The minimum Gasteiger partial charge on any atom is -0.493 e. The van der Waals surface area contributed by atoms with Crippen LogP contribution < -0.4 is 9.47 Å². The normalized spacial score (nSPS) is 15.4. The van der Waals surface area contributed by atoms with Gasteiger partial charge in [-0.1, -0.05) is 18.2 Å². The van der Waals surface area contributed by atoms with Gasteiger partial charge in [-0.05, 0) is 71.1 Å². The Kier molecular flexibility index (Phi) is 6.61. The van der Waals surface area contributed by atoms with E-state index in [0.29, 0.717) is 34.1 Å². The molecule has 1 aliphatic heterocycles. The third kappa shape index (κ3) is 4.33. The van der Waals surface area contributed by atoms with Crippen LogP contribution in [0.15, 0.2) is 41.3 Å². The van der Waals surface area contributed by atoms with Gasteiger partial charge in [0.2, 0.25) is 0 Å². The quantitative estimate of drug-likeness (QED) is 0.399. The molecular weight excluding hydrogens is 496 g/mol. The first kappa shape index (κ1) is 20.7. The van der Waals surface area contributed by atoms with Crippen LogP contribution in [0.5, 0.6) is 11.5 Å². The molecule has 2 amide bonds. The maximum atomic E-state index is 13.8. The fourth-order valence-electron chi connectivity index (χ4n) is 2.65. The Morgan fingerprint density at radius 2 is 2.00 bits per heavy atom. The van der Waals surface area contributed by atoms with Crippen molar-refractivity contribution in [1.82, 2.24) is 4.90 Å². The summed E-state index contributed by atoms with van der Waals surface area (Å²) in [5.41, 5.74) is 1.15. The van der Waals surface area contributed by atoms with Crippen molar-refractivity contribution in [3.05, 3.63) is 61.8 Å². The van der Waals surface area contributed by atoms with Crippen LogP contribution in [0.25, 0.3) is 6.08 Å². The number of methoxy groups -OCH3 is 1. The van der Waals surface area contributed by atoms with Gasteiger partial charge in [-0.15, -0.1) is 0 Å². The maximum absolute atomic E-state index is 13.8. The fraction of sp³-hybridized carbons (Fsp3) is 0.200. The molecule has 8 heteroatoms. The van der Waals surface area contributed by atoms with Crippen LogP contribution in [0.2, 0.25) is 0 Å². The van der Waals surface area contributed by atoms with E-state index in [0.717, 1.165) is 15.3 Å². The van der Waals surface area contributed by atoms with E-state index < -0.39 is 0 Å². The third-order valence-corrected chi connectivity index (χ3v) is 5.78. The molecule has 1 aliphatic rings. The van der Waals surface area contributed by atoms with Gasteiger partial charge in [0.1, 0.15) is 12.4 Å². The Morgan fingerprint density at radius 3 is 2.64 bits per heavy atom. The average Bonchev–Trinajstić information content (AvgIpc) is 2.94. The summed E-state index contributed by atoms with van der Waals surface area (Å²) in [7, 11) is 1.51. The predicted molar refractivity (Wildman–Crippen MR) is 115 cm³/mol. The molecular formula is C20H17FINO4S. The molecule has 0 aromatic heterocycles. The molecule has 0 saturated carbocycles. The van der Waals surface area contributed by atoms with E-state index >= 15 is 0 Å². The summed E-state index contributed by atoms with van der Waals surface area (Å²) in [4.78, 5) is 25.7. The number of hydrogen-bond acceptors (Lipinski definition) is 5. The zero-order chi connectivity index (χ0) is 20.3. The minimum absolute atomic E-state index is 0.0633. The van der Waals surface area contributed by atoms with Crippen LogP contribution in [0.3, 0.4) is 0 Å². The molecule has 0 unspecified atom stereocenters. The number of rotatable bonds is 6. The highest BCUT2D eigenvalue weighted by molar-refractivity contribution is 14.1. The number of likely N-dealkylation sites (N-methyl/N-ethyl adjacent to an activating group) is 1. The Hall–Kier alpha value is -2.07. The lowest BCUT2D eigenvalue weighted by Gasteiger charge is -2.14. The SMILES string of the molecule is CCN1C(=O)S/C(=C/c2cc(I)c(OCc3ccccc3F)c(OC)c2)C1=O. The number of hydrogen-bond donors (Lipinski definition) is 0. The number of carbonyl (C=O) groups is 2. The van der Waals surface area contributed by atoms with Crippen LogP contribution in [-0.2, 0) is 11.4 Å². The molecule has 0 bridgehead atoms. The lowest BCUT2D eigenvalue weighted by Crippen LogP contribution is -2.27. The Morgan fingerprint density at radius 1 is 1.25 bits per heavy atom. The second kappa shape index (κ2) is 8.95. The first-order valence-corrected chi connectivity index (χ1v) is 10.3. The highest BCUT2D eigenvalue weighted by atomic mass is 127. The molecule has 28 heavy (non-hydrogen) atoms. The molecule has 0 aliphatic carbocycles. The van der Waals surface area contributed by atoms with E-state index in [-0.39, 0.29) is 23.6 Å². The molecule has 0 N–H and O–H groups in total. The molecule has 1 saturated heterocycles. The second-order valence-corrected chi connectivity index (χ2v) is 8.00. The van der Waals surface area contributed by atoms with Crippen molar-refractivity contribution in [3.63, 3.8) is 0 Å². The zero-order valence-electron chi connectivity index (χ0n) is 15.2. The van der Waals surface area contributed by atoms with Gasteiger partial charge in [0.25, 0.3) is 11.1 Å². The van der Waals surface area contributed by atoms with E-state index in [2.05, 4.69) is 22.6 Å². The van der Waals surface area contributed by atoms with Crippen molar-refractivity contribution in [1.29, 1.82) is 0 Å². The minimum atomic E-state index is -0.334. The highest BCUT2D eigenvalue weighted by Gasteiger charge is 2.33. The fourth-order valence-corrected chi connectivity index (χ4v) is 4.34. The molecule has 5 nitrogen and oxygen atoms in total. The van der Waals surface area contributed by atoms with Crippen molar-refractivity contribution in [2.75, 3.05) is 13.7 Å². The van der Waals surface area contributed by atoms with Gasteiger partial charge in [0.15, 0.2) is 11.5 Å². The molecule has 146 valence electrons. The summed E-state index contributed by atoms with van der Waals surface area (Å²) in [6.45, 7) is 2.16. The lowest BCUT2D eigenvalue weighted by atomic mass is 10.1. The summed E-state index contributed by atoms with van der Waals surface area (Å²) < 4.78 is 25.8. The zero-order valence-corrected chi connectivity index (χ0v) is 18.2. The smallest absolute Gasteiger partial charge is 0.293 e. The van der Waals surface area contributed by atoms with E-state index in [1.54, 1.807) is 37.3 Å². The van der Waals surface area contributed by atoms with Crippen LogP contribution >= 0.6 is 34.4 Å². The van der Waals surface area contributed by atoms with Gasteiger partial charge in [0, 0.05) is 12.1 Å². The van der Waals surface area contributed by atoms with E-state index in [4.69, 9.17) is 9.47 Å². The van der Waals surface area contributed by atoms with Crippen molar-refractivity contribution in [2.24, 2.45) is 0 Å². The number of imide groups is 1. The maximum Gasteiger partial charge on any atom is 0.293 e. The van der Waals surface area contributed by atoms with E-state index in [1.165, 1.54) is 18.1 Å². The average molecular weight is 513 g/mol. The standard InChI is InChI=1S/C20H17FINO4S/c1-3-23-19(24)17(28-20(23)25)10-12-8-15(22)18(16(9-12)26-2)27-11-13-6-4-5-7-14(13)21/h4-10H,3,11H2,1-2H3/b17-10+. The van der Waals surface area contributed by atoms with Gasteiger partial charge in [0.05, 0.1) is 15.6 Å². The van der Waals surface area contributed by atoms with Gasteiger partial charge >= 0.3 is 0 Å². The van der Waals surface area contributed by atoms with Crippen molar-refractivity contribution < 1.29 is 23.5 Å². The third-order valence-electron chi connectivity index (χ3n) is 4.07. The van der Waals surface area contributed by atoms with Crippen molar-refractivity contribution in [2.45, 2.75) is 13.5 Å². The number of amides is 2. The van der Waals surface area contributed by atoms with Crippen molar-refractivity contribution >= 4 is 51.6 Å². The number of thioether (sulfide) groups is 1. The Labute approximate surface area is 180 Å². The highest BCUT2D eigenvalue weighted by Crippen LogP contribution is 2.37. The summed E-state index contributed by atoms with van der Waals surface area (Å²) in [6.07, 6.45) is 1.66. The summed E-state index contributed by atoms with van der Waals surface area (Å²) >= 11 is 3.01. The van der Waals surface area contributed by atoms with Gasteiger partial charge in [-0.2, -0.15) is 0 Å². The Balaban J connectivity index is 1.86. The predicted octanol–water partition coefficient (Wildman–Crippen LogP) is 5.07. The molecule has 1 fully saturated rings. The number of ether oxygens (including phenoxy) is 2. The second-order valence-electron chi connectivity index (χ2n) is 5.84. The number of carbonyl (C=O) groups excluding carboxylic acids is 2.